The van der Waals surface area contributed by atoms with Gasteiger partial charge < -0.3 is 14.8 Å². The van der Waals surface area contributed by atoms with Gasteiger partial charge in [0, 0.05) is 22.9 Å². The lowest BCUT2D eigenvalue weighted by Gasteiger charge is -2.13. The average Bonchev–Trinajstić information content (AvgIpc) is 3.03. The van der Waals surface area contributed by atoms with Gasteiger partial charge in [-0.25, -0.2) is 9.37 Å². The molecule has 0 saturated heterocycles. The van der Waals surface area contributed by atoms with Crippen molar-refractivity contribution in [3.63, 3.8) is 0 Å². The van der Waals surface area contributed by atoms with Crippen molar-refractivity contribution in [3.8, 4) is 22.9 Å². The van der Waals surface area contributed by atoms with E-state index in [0.29, 0.717) is 0 Å². The number of anilines is 1. The molecule has 1 N–H and O–H groups in total. The van der Waals surface area contributed by atoms with E-state index < -0.39 is 46.2 Å². The lowest BCUT2D eigenvalue weighted by atomic mass is 10.1. The van der Waals surface area contributed by atoms with Crippen molar-refractivity contribution in [2.24, 2.45) is 5.10 Å². The SMILES string of the molecule is COc1cc(C=Nn2c(-c3cccc(C(F)(F)F)c3)nc3ccccc3c2=O)cc([N+](=O)[O-])c1OCC(=O)Nc1ccc(F)cc1. The molecule has 1 aromatic heterocycles. The van der Waals surface area contributed by atoms with Crippen LogP contribution in [0, 0.1) is 15.9 Å². The van der Waals surface area contributed by atoms with Crippen molar-refractivity contribution in [2.45, 2.75) is 6.18 Å². The summed E-state index contributed by atoms with van der Waals surface area (Å²) in [5, 5.41) is 18.7. The van der Waals surface area contributed by atoms with E-state index in [1.54, 1.807) is 12.1 Å². The third kappa shape index (κ3) is 6.83. The third-order valence-corrected chi connectivity index (χ3v) is 6.47. The molecule has 0 atom stereocenters. The highest BCUT2D eigenvalue weighted by molar-refractivity contribution is 5.92. The van der Waals surface area contributed by atoms with Crippen molar-refractivity contribution < 1.29 is 36.8 Å². The lowest BCUT2D eigenvalue weighted by molar-refractivity contribution is -0.385. The second-order valence-corrected chi connectivity index (χ2v) is 9.56. The molecule has 1 heterocycles. The Kier molecular flexibility index (Phi) is 8.75. The van der Waals surface area contributed by atoms with E-state index in [2.05, 4.69) is 15.4 Å². The monoisotopic (exact) mass is 635 g/mol. The van der Waals surface area contributed by atoms with Gasteiger partial charge in [0.05, 0.1) is 34.7 Å². The van der Waals surface area contributed by atoms with Crippen LogP contribution in [0.15, 0.2) is 94.8 Å². The molecule has 15 heteroatoms. The van der Waals surface area contributed by atoms with Crippen LogP contribution in [0.2, 0.25) is 0 Å². The third-order valence-electron chi connectivity index (χ3n) is 6.47. The number of alkyl halides is 3. The number of carbonyl (C=O) groups is 1. The van der Waals surface area contributed by atoms with Crippen LogP contribution in [-0.4, -0.2) is 40.4 Å². The lowest BCUT2D eigenvalue weighted by Crippen LogP contribution is -2.21. The van der Waals surface area contributed by atoms with E-state index in [0.717, 1.165) is 41.2 Å². The second-order valence-electron chi connectivity index (χ2n) is 9.56. The van der Waals surface area contributed by atoms with E-state index >= 15 is 0 Å². The number of carbonyl (C=O) groups excluding carboxylic acids is 1. The number of nitrogens with zero attached hydrogens (tertiary/aromatic N) is 4. The van der Waals surface area contributed by atoms with E-state index in [1.165, 1.54) is 49.6 Å². The van der Waals surface area contributed by atoms with Crippen LogP contribution >= 0.6 is 0 Å². The van der Waals surface area contributed by atoms with Crippen LogP contribution in [0.5, 0.6) is 11.5 Å². The van der Waals surface area contributed by atoms with Crippen molar-refractivity contribution in [3.05, 3.63) is 122 Å². The molecule has 4 aromatic carbocycles. The number of nitro benzene ring substituents is 1. The zero-order valence-corrected chi connectivity index (χ0v) is 23.6. The summed E-state index contributed by atoms with van der Waals surface area (Å²) in [6, 6.07) is 17.6. The van der Waals surface area contributed by atoms with Gasteiger partial charge in [0.15, 0.2) is 18.2 Å². The number of hydrogen-bond acceptors (Lipinski definition) is 8. The maximum atomic E-state index is 13.5. The van der Waals surface area contributed by atoms with Crippen molar-refractivity contribution >= 4 is 34.4 Å². The normalized spacial score (nSPS) is 11.5. The van der Waals surface area contributed by atoms with Gasteiger partial charge >= 0.3 is 11.9 Å². The topological polar surface area (TPSA) is 138 Å². The van der Waals surface area contributed by atoms with Gasteiger partial charge in [-0.05, 0) is 54.6 Å². The molecular formula is C31H21F4N5O6. The van der Waals surface area contributed by atoms with Crippen LogP contribution in [0.1, 0.15) is 11.1 Å². The number of nitro groups is 1. The highest BCUT2D eigenvalue weighted by Gasteiger charge is 2.31. The van der Waals surface area contributed by atoms with E-state index in [9.17, 15) is 37.3 Å². The summed E-state index contributed by atoms with van der Waals surface area (Å²) in [6.07, 6.45) is -3.60. The Labute approximate surface area is 256 Å². The number of hydrogen-bond donors (Lipinski definition) is 1. The number of nitrogens with one attached hydrogen (secondary N) is 1. The number of aromatic nitrogens is 2. The van der Waals surface area contributed by atoms with Gasteiger partial charge in [-0.2, -0.15) is 22.9 Å². The fraction of sp³-hybridized carbons (Fsp3) is 0.0968. The Morgan fingerprint density at radius 3 is 2.50 bits per heavy atom. The molecule has 0 spiro atoms. The summed E-state index contributed by atoms with van der Waals surface area (Å²) in [5.41, 5.74) is -1.81. The minimum Gasteiger partial charge on any atom is -0.493 e. The van der Waals surface area contributed by atoms with Crippen LogP contribution < -0.4 is 20.3 Å². The van der Waals surface area contributed by atoms with Gasteiger partial charge in [0.2, 0.25) is 5.75 Å². The number of halogens is 4. The Morgan fingerprint density at radius 2 is 1.80 bits per heavy atom. The standard InChI is InChI=1S/C31H21F4N5O6/c1-45-26-14-18(13-25(40(43)44)28(26)46-17-27(41)37-22-11-9-21(32)10-12-22)16-36-39-29(19-5-4-6-20(15-19)31(33,34)35)38-24-8-3-2-7-23(24)30(39)42/h2-16H,17H2,1H3,(H,37,41). The first kappa shape index (κ1) is 31.3. The molecule has 0 unspecified atom stereocenters. The zero-order valence-electron chi connectivity index (χ0n) is 23.6. The molecular weight excluding hydrogens is 614 g/mol. The summed E-state index contributed by atoms with van der Waals surface area (Å²) in [6.45, 7) is -0.666. The van der Waals surface area contributed by atoms with Crippen molar-refractivity contribution in [1.82, 2.24) is 9.66 Å². The maximum Gasteiger partial charge on any atom is 0.416 e. The number of para-hydroxylation sites is 1. The summed E-state index contributed by atoms with van der Waals surface area (Å²) in [5.74, 6) is -1.95. The number of methoxy groups -OCH3 is 1. The molecule has 0 aliphatic rings. The molecule has 0 bridgehead atoms. The maximum absolute atomic E-state index is 13.5. The summed E-state index contributed by atoms with van der Waals surface area (Å²) >= 11 is 0. The first-order valence-corrected chi connectivity index (χ1v) is 13.2. The number of amides is 1. The molecule has 0 aliphatic heterocycles. The molecule has 1 amide bonds. The summed E-state index contributed by atoms with van der Waals surface area (Å²) in [4.78, 5) is 41.4. The van der Waals surface area contributed by atoms with Gasteiger partial charge in [-0.15, -0.1) is 0 Å². The van der Waals surface area contributed by atoms with Crippen LogP contribution in [0.4, 0.5) is 28.9 Å². The molecule has 0 fully saturated rings. The molecule has 46 heavy (non-hydrogen) atoms. The van der Waals surface area contributed by atoms with E-state index in [1.807, 2.05) is 0 Å². The highest BCUT2D eigenvalue weighted by atomic mass is 19.4. The fourth-order valence-corrected chi connectivity index (χ4v) is 4.36. The van der Waals surface area contributed by atoms with E-state index in [4.69, 9.17) is 9.47 Å². The number of ether oxygens (including phenoxy) is 2. The second kappa shape index (κ2) is 12.9. The quantitative estimate of drug-likeness (QED) is 0.0903. The van der Waals surface area contributed by atoms with Gasteiger partial charge in [0.1, 0.15) is 5.82 Å². The first-order valence-electron chi connectivity index (χ1n) is 13.2. The first-order chi connectivity index (χ1) is 21.9. The molecule has 5 rings (SSSR count). The molecule has 0 saturated carbocycles. The largest absolute Gasteiger partial charge is 0.493 e. The van der Waals surface area contributed by atoms with E-state index in [-0.39, 0.29) is 45.0 Å². The molecule has 5 aromatic rings. The summed E-state index contributed by atoms with van der Waals surface area (Å²) < 4.78 is 65.0. The van der Waals surface area contributed by atoms with Crippen LogP contribution in [-0.2, 0) is 11.0 Å². The number of benzene rings is 4. The van der Waals surface area contributed by atoms with Gasteiger partial charge in [0.25, 0.3) is 11.5 Å². The fourth-order valence-electron chi connectivity index (χ4n) is 4.36. The Bertz CT molecular complexity index is 2050. The van der Waals surface area contributed by atoms with Gasteiger partial charge in [-0.1, -0.05) is 24.3 Å². The average molecular weight is 636 g/mol. The number of rotatable bonds is 9. The highest BCUT2D eigenvalue weighted by Crippen LogP contribution is 2.38. The van der Waals surface area contributed by atoms with Gasteiger partial charge in [-0.3, -0.25) is 19.7 Å². The van der Waals surface area contributed by atoms with Crippen LogP contribution in [0.25, 0.3) is 22.3 Å². The Balaban J connectivity index is 1.52. The predicted octanol–water partition coefficient (Wildman–Crippen LogP) is 6.04. The van der Waals surface area contributed by atoms with Crippen molar-refractivity contribution in [1.29, 1.82) is 0 Å². The zero-order chi connectivity index (χ0) is 33.0. The Hall–Kier alpha value is -6.12. The molecule has 234 valence electrons. The predicted molar refractivity (Wildman–Crippen MR) is 160 cm³/mol. The molecule has 0 radical (unpaired) electrons. The minimum absolute atomic E-state index is 0.0433. The molecule has 11 nitrogen and oxygen atoms in total. The summed E-state index contributed by atoms with van der Waals surface area (Å²) in [7, 11) is 1.20. The molecule has 0 aliphatic carbocycles. The van der Waals surface area contributed by atoms with Crippen LogP contribution in [0.3, 0.4) is 0 Å². The smallest absolute Gasteiger partial charge is 0.416 e. The Morgan fingerprint density at radius 1 is 1.07 bits per heavy atom. The van der Waals surface area contributed by atoms with Crippen molar-refractivity contribution in [2.75, 3.05) is 19.0 Å². The minimum atomic E-state index is -4.66. The number of fused-ring (bicyclic) bond motifs is 1.